The Balaban J connectivity index is 3.69. The van der Waals surface area contributed by atoms with Gasteiger partial charge in [0.15, 0.2) is 0 Å². The van der Waals surface area contributed by atoms with Crippen LogP contribution >= 0.6 is 33.3 Å². The van der Waals surface area contributed by atoms with Crippen molar-refractivity contribution in [2.45, 2.75) is 39.0 Å². The molecule has 11 heteroatoms. The number of hydrogen-bond donors (Lipinski definition) is 2. The Morgan fingerprint density at radius 3 is 2.54 bits per heavy atom. The average molecular weight is 429 g/mol. The molecular formula is C15H28N2O6S3. The van der Waals surface area contributed by atoms with Crippen LogP contribution in [0.3, 0.4) is 0 Å². The molecule has 0 saturated heterocycles. The van der Waals surface area contributed by atoms with Crippen LogP contribution in [0, 0.1) is 0 Å². The van der Waals surface area contributed by atoms with Gasteiger partial charge in [-0.25, -0.2) is 4.79 Å². The molecule has 0 bridgehead atoms. The molecule has 0 rings (SSSR count). The van der Waals surface area contributed by atoms with E-state index in [-0.39, 0.29) is 25.1 Å². The number of ether oxygens (including phenoxy) is 3. The summed E-state index contributed by atoms with van der Waals surface area (Å²) in [5, 5.41) is 2.46. The molecular weight excluding hydrogens is 400 g/mol. The summed E-state index contributed by atoms with van der Waals surface area (Å²) in [6.45, 7) is 2.89. The maximum atomic E-state index is 11.7. The number of esters is 1. The second-order valence-corrected chi connectivity index (χ2v) is 8.65. The van der Waals surface area contributed by atoms with E-state index in [9.17, 15) is 14.4 Å². The second-order valence-electron chi connectivity index (χ2n) is 5.03. The molecule has 26 heavy (non-hydrogen) atoms. The number of amides is 1. The molecule has 0 aromatic rings. The summed E-state index contributed by atoms with van der Waals surface area (Å²) in [6.07, 6.45) is 1.33. The van der Waals surface area contributed by atoms with E-state index in [1.54, 1.807) is 40.3 Å². The van der Waals surface area contributed by atoms with Crippen LogP contribution in [-0.4, -0.2) is 67.0 Å². The van der Waals surface area contributed by atoms with Gasteiger partial charge in [-0.05, 0) is 25.4 Å². The van der Waals surface area contributed by atoms with Crippen LogP contribution in [-0.2, 0) is 23.8 Å². The van der Waals surface area contributed by atoms with Crippen LogP contribution in [0.4, 0.5) is 4.79 Å². The van der Waals surface area contributed by atoms with Crippen molar-refractivity contribution in [2.75, 3.05) is 36.7 Å². The molecule has 0 fully saturated rings. The lowest BCUT2D eigenvalue weighted by Gasteiger charge is -2.13. The summed E-state index contributed by atoms with van der Waals surface area (Å²) in [7, 11) is 3.23. The molecule has 2 atom stereocenters. The maximum Gasteiger partial charge on any atom is 0.511 e. The van der Waals surface area contributed by atoms with Crippen molar-refractivity contribution >= 4 is 51.4 Å². The number of nitrogens with two attached hydrogens (primary N) is 1. The van der Waals surface area contributed by atoms with Gasteiger partial charge < -0.3 is 25.3 Å². The number of thioether (sulfide) groups is 1. The molecule has 8 nitrogen and oxygen atoms in total. The van der Waals surface area contributed by atoms with Gasteiger partial charge in [-0.3, -0.25) is 9.59 Å². The summed E-state index contributed by atoms with van der Waals surface area (Å²) in [6, 6.07) is 0.169. The predicted octanol–water partition coefficient (Wildman–Crippen LogP) is 2.02. The smallest absolute Gasteiger partial charge is 0.435 e. The number of rotatable bonds is 14. The summed E-state index contributed by atoms with van der Waals surface area (Å²) >= 11 is 1.78. The molecule has 0 heterocycles. The molecule has 0 aliphatic rings. The minimum Gasteiger partial charge on any atom is -0.435 e. The van der Waals surface area contributed by atoms with E-state index in [0.29, 0.717) is 12.2 Å². The predicted molar refractivity (Wildman–Crippen MR) is 107 cm³/mol. The highest BCUT2D eigenvalue weighted by atomic mass is 33.1. The molecule has 0 saturated carbocycles. The van der Waals surface area contributed by atoms with Crippen LogP contribution in [0.15, 0.2) is 0 Å². The lowest BCUT2D eigenvalue weighted by molar-refractivity contribution is -0.167. The molecule has 0 aliphatic heterocycles. The summed E-state index contributed by atoms with van der Waals surface area (Å²) in [4.78, 5) is 34.2. The van der Waals surface area contributed by atoms with Crippen molar-refractivity contribution in [1.82, 2.24) is 5.32 Å². The molecule has 3 N–H and O–H groups in total. The fourth-order valence-corrected chi connectivity index (χ4v) is 4.26. The minimum absolute atomic E-state index is 0.162. The van der Waals surface area contributed by atoms with Gasteiger partial charge in [-0.2, -0.15) is 11.8 Å². The first kappa shape index (κ1) is 25.2. The molecule has 0 aliphatic carbocycles. The van der Waals surface area contributed by atoms with Gasteiger partial charge in [0.05, 0.1) is 6.61 Å². The van der Waals surface area contributed by atoms with E-state index in [1.807, 2.05) is 0 Å². The Kier molecular flexibility index (Phi) is 15.9. The first-order valence-electron chi connectivity index (χ1n) is 8.17. The Labute approximate surface area is 166 Å². The Bertz CT molecular complexity index is 428. The first-order valence-corrected chi connectivity index (χ1v) is 12.1. The zero-order valence-electron chi connectivity index (χ0n) is 15.4. The quantitative estimate of drug-likeness (QED) is 0.184. The topological polar surface area (TPSA) is 117 Å². The van der Waals surface area contributed by atoms with E-state index < -0.39 is 18.4 Å². The molecule has 0 radical (unpaired) electrons. The highest BCUT2D eigenvalue weighted by Gasteiger charge is 2.15. The van der Waals surface area contributed by atoms with Crippen LogP contribution < -0.4 is 11.1 Å². The molecule has 0 aromatic heterocycles. The lowest BCUT2D eigenvalue weighted by Crippen LogP contribution is -2.33. The van der Waals surface area contributed by atoms with Crippen molar-refractivity contribution in [1.29, 1.82) is 0 Å². The van der Waals surface area contributed by atoms with Gasteiger partial charge in [0.1, 0.15) is 6.54 Å². The van der Waals surface area contributed by atoms with Crippen molar-refractivity contribution in [2.24, 2.45) is 5.73 Å². The first-order chi connectivity index (χ1) is 12.4. The van der Waals surface area contributed by atoms with E-state index in [1.165, 1.54) is 6.92 Å². The normalized spacial score (nSPS) is 12.8. The largest absolute Gasteiger partial charge is 0.511 e. The third kappa shape index (κ3) is 15.5. The van der Waals surface area contributed by atoms with Gasteiger partial charge in [0.25, 0.3) is 0 Å². The highest BCUT2D eigenvalue weighted by molar-refractivity contribution is 8.76. The second kappa shape index (κ2) is 16.4. The molecule has 0 aromatic carbocycles. The Hall–Kier alpha value is -0.780. The molecule has 152 valence electrons. The van der Waals surface area contributed by atoms with E-state index >= 15 is 0 Å². The van der Waals surface area contributed by atoms with Gasteiger partial charge in [0, 0.05) is 30.9 Å². The van der Waals surface area contributed by atoms with Crippen molar-refractivity contribution in [3.63, 3.8) is 0 Å². The summed E-state index contributed by atoms with van der Waals surface area (Å²) < 4.78 is 14.0. The van der Waals surface area contributed by atoms with Gasteiger partial charge in [0.2, 0.25) is 12.2 Å². The van der Waals surface area contributed by atoms with E-state index in [2.05, 4.69) is 21.0 Å². The molecule has 0 spiro atoms. The third-order valence-electron chi connectivity index (χ3n) is 2.72. The van der Waals surface area contributed by atoms with Crippen LogP contribution in [0.25, 0.3) is 0 Å². The monoisotopic (exact) mass is 428 g/mol. The zero-order valence-corrected chi connectivity index (χ0v) is 17.8. The van der Waals surface area contributed by atoms with Gasteiger partial charge in [-0.15, -0.1) is 0 Å². The van der Waals surface area contributed by atoms with Gasteiger partial charge >= 0.3 is 12.1 Å². The van der Waals surface area contributed by atoms with Crippen LogP contribution in [0.1, 0.15) is 26.7 Å². The number of hydrogen-bond acceptors (Lipinski definition) is 10. The van der Waals surface area contributed by atoms with E-state index in [0.717, 1.165) is 17.9 Å². The average Bonchev–Trinajstić information content (AvgIpc) is 2.57. The van der Waals surface area contributed by atoms with Crippen LogP contribution in [0.5, 0.6) is 0 Å². The third-order valence-corrected chi connectivity index (χ3v) is 5.88. The lowest BCUT2D eigenvalue weighted by atomic mass is 10.3. The standard InChI is InChI=1S/C15H28N2O6S3/c1-4-21-15(20)23-11(2)22-14(19)9-17-13(18)6-8-25-26-10-12(16)5-7-24-3/h11-12H,4-10,16H2,1-3H3,(H,17,18). The maximum absolute atomic E-state index is 11.7. The minimum atomic E-state index is -1.08. The number of carbonyl (C=O) groups excluding carboxylic acids is 3. The Morgan fingerprint density at radius 1 is 1.15 bits per heavy atom. The molecule has 1 amide bonds. The fourth-order valence-electron chi connectivity index (χ4n) is 1.48. The SMILES string of the molecule is CCOC(=O)OC(C)OC(=O)CNC(=O)CCSSCC(N)CCSC. The fraction of sp³-hybridized carbons (Fsp3) is 0.800. The highest BCUT2D eigenvalue weighted by Crippen LogP contribution is 2.23. The van der Waals surface area contributed by atoms with Gasteiger partial charge in [-0.1, -0.05) is 21.6 Å². The van der Waals surface area contributed by atoms with Crippen LogP contribution in [0.2, 0.25) is 0 Å². The Morgan fingerprint density at radius 2 is 1.88 bits per heavy atom. The summed E-state index contributed by atoms with van der Waals surface area (Å²) in [5.74, 6) is 1.58. The summed E-state index contributed by atoms with van der Waals surface area (Å²) in [5.41, 5.74) is 5.95. The number of carbonyl (C=O) groups is 3. The number of nitrogens with one attached hydrogen (secondary N) is 1. The van der Waals surface area contributed by atoms with Crippen molar-refractivity contribution < 1.29 is 28.6 Å². The molecule has 2 unspecified atom stereocenters. The van der Waals surface area contributed by atoms with E-state index in [4.69, 9.17) is 10.5 Å². The zero-order chi connectivity index (χ0) is 19.8. The van der Waals surface area contributed by atoms with Crippen molar-refractivity contribution in [3.05, 3.63) is 0 Å². The van der Waals surface area contributed by atoms with Crippen molar-refractivity contribution in [3.8, 4) is 0 Å².